The number of hydrogen-bond acceptors (Lipinski definition) is 2. The first-order valence-corrected chi connectivity index (χ1v) is 6.31. The van der Waals surface area contributed by atoms with Crippen LogP contribution in [0.3, 0.4) is 0 Å². The molecule has 0 spiro atoms. The molecule has 0 saturated heterocycles. The number of carbonyl (C=O) groups is 1. The van der Waals surface area contributed by atoms with E-state index in [-0.39, 0.29) is 5.78 Å². The molecule has 0 aliphatic heterocycles. The van der Waals surface area contributed by atoms with E-state index in [2.05, 4.69) is 0 Å². The van der Waals surface area contributed by atoms with Crippen molar-refractivity contribution in [3.05, 3.63) is 29.3 Å². The SMILES string of the molecule is CC.CC.CC(=O)c1ccc(N(C)C)c(C)c1. The van der Waals surface area contributed by atoms with Crippen LogP contribution in [-0.4, -0.2) is 19.9 Å². The standard InChI is InChI=1S/C11H15NO.2C2H6/c1-8-7-10(9(2)13)5-6-11(8)12(3)4;2*1-2/h5-7H,1-4H3;2*1-2H3. The molecule has 2 nitrogen and oxygen atoms in total. The predicted octanol–water partition coefficient (Wildman–Crippen LogP) is 4.32. The molecular weight excluding hydrogens is 210 g/mol. The Balaban J connectivity index is 0. The number of rotatable bonds is 2. The summed E-state index contributed by atoms with van der Waals surface area (Å²) in [4.78, 5) is 13.1. The van der Waals surface area contributed by atoms with Crippen LogP contribution >= 0.6 is 0 Å². The van der Waals surface area contributed by atoms with Gasteiger partial charge in [-0.15, -0.1) is 0 Å². The highest BCUT2D eigenvalue weighted by Gasteiger charge is 2.03. The molecule has 1 aromatic rings. The Kier molecular flexibility index (Phi) is 10.5. The Bertz CT molecular complexity index is 330. The van der Waals surface area contributed by atoms with Crippen molar-refractivity contribution in [2.75, 3.05) is 19.0 Å². The Hall–Kier alpha value is -1.31. The molecule has 0 saturated carbocycles. The number of carbonyl (C=O) groups excluding carboxylic acids is 1. The molecule has 0 N–H and O–H groups in total. The number of Topliss-reactive ketones (excluding diaryl/α,β-unsaturated/α-hetero) is 1. The van der Waals surface area contributed by atoms with E-state index in [1.165, 1.54) is 0 Å². The second kappa shape index (κ2) is 9.88. The van der Waals surface area contributed by atoms with Gasteiger partial charge in [0.25, 0.3) is 0 Å². The van der Waals surface area contributed by atoms with Gasteiger partial charge in [-0.25, -0.2) is 0 Å². The van der Waals surface area contributed by atoms with Crippen LogP contribution < -0.4 is 4.90 Å². The number of anilines is 1. The molecule has 0 amide bonds. The smallest absolute Gasteiger partial charge is 0.159 e. The third-order valence-corrected chi connectivity index (χ3v) is 2.09. The molecule has 0 atom stereocenters. The van der Waals surface area contributed by atoms with E-state index in [9.17, 15) is 4.79 Å². The molecule has 2 heteroatoms. The van der Waals surface area contributed by atoms with Crippen molar-refractivity contribution in [2.45, 2.75) is 41.5 Å². The van der Waals surface area contributed by atoms with Gasteiger partial charge >= 0.3 is 0 Å². The number of nitrogens with zero attached hydrogens (tertiary/aromatic N) is 1. The Labute approximate surface area is 107 Å². The summed E-state index contributed by atoms with van der Waals surface area (Å²) >= 11 is 0. The molecule has 0 aromatic heterocycles. The lowest BCUT2D eigenvalue weighted by atomic mass is 10.1. The minimum Gasteiger partial charge on any atom is -0.377 e. The third-order valence-electron chi connectivity index (χ3n) is 2.09. The normalized spacial score (nSPS) is 8.24. The molecular formula is C15H27NO. The monoisotopic (exact) mass is 237 g/mol. The number of benzene rings is 1. The zero-order valence-electron chi connectivity index (χ0n) is 12.6. The van der Waals surface area contributed by atoms with Gasteiger partial charge in [0.05, 0.1) is 0 Å². The van der Waals surface area contributed by atoms with Crippen molar-refractivity contribution in [2.24, 2.45) is 0 Å². The minimum absolute atomic E-state index is 0.119. The van der Waals surface area contributed by atoms with Gasteiger partial charge in [-0.05, 0) is 37.6 Å². The molecule has 0 radical (unpaired) electrons. The predicted molar refractivity (Wildman–Crippen MR) is 78.2 cm³/mol. The molecule has 17 heavy (non-hydrogen) atoms. The van der Waals surface area contributed by atoms with E-state index in [0.29, 0.717) is 0 Å². The lowest BCUT2D eigenvalue weighted by Gasteiger charge is -2.15. The maximum Gasteiger partial charge on any atom is 0.159 e. The first-order chi connectivity index (χ1) is 8.02. The summed E-state index contributed by atoms with van der Waals surface area (Å²) in [5.41, 5.74) is 3.07. The third kappa shape index (κ3) is 6.10. The van der Waals surface area contributed by atoms with Crippen LogP contribution in [0.2, 0.25) is 0 Å². The van der Waals surface area contributed by atoms with Gasteiger partial charge in [0.1, 0.15) is 0 Å². The quantitative estimate of drug-likeness (QED) is 0.714. The Morgan fingerprint density at radius 2 is 1.53 bits per heavy atom. The molecule has 0 bridgehead atoms. The molecule has 1 rings (SSSR count). The summed E-state index contributed by atoms with van der Waals surface area (Å²) < 4.78 is 0. The summed E-state index contributed by atoms with van der Waals surface area (Å²) in [5.74, 6) is 0.119. The lowest BCUT2D eigenvalue weighted by molar-refractivity contribution is 0.101. The number of aryl methyl sites for hydroxylation is 1. The van der Waals surface area contributed by atoms with Gasteiger partial charge in [0.15, 0.2) is 5.78 Å². The van der Waals surface area contributed by atoms with Gasteiger partial charge in [0.2, 0.25) is 0 Å². The highest BCUT2D eigenvalue weighted by atomic mass is 16.1. The second-order valence-electron chi connectivity index (χ2n) is 3.45. The van der Waals surface area contributed by atoms with Crippen LogP contribution in [0.25, 0.3) is 0 Å². The summed E-state index contributed by atoms with van der Waals surface area (Å²) in [7, 11) is 3.99. The topological polar surface area (TPSA) is 20.3 Å². The van der Waals surface area contributed by atoms with Crippen molar-refractivity contribution >= 4 is 11.5 Å². The molecule has 0 aliphatic rings. The van der Waals surface area contributed by atoms with Crippen molar-refractivity contribution < 1.29 is 4.79 Å². The fourth-order valence-corrected chi connectivity index (χ4v) is 1.38. The van der Waals surface area contributed by atoms with Crippen molar-refractivity contribution in [1.82, 2.24) is 0 Å². The average Bonchev–Trinajstić information content (AvgIpc) is 2.33. The van der Waals surface area contributed by atoms with Crippen LogP contribution in [0.1, 0.15) is 50.5 Å². The molecule has 0 aliphatic carbocycles. The van der Waals surface area contributed by atoms with Crippen LogP contribution in [0, 0.1) is 6.92 Å². The Morgan fingerprint density at radius 3 is 1.82 bits per heavy atom. The van der Waals surface area contributed by atoms with Crippen molar-refractivity contribution in [3.8, 4) is 0 Å². The summed E-state index contributed by atoms with van der Waals surface area (Å²) in [6.07, 6.45) is 0. The average molecular weight is 237 g/mol. The van der Waals surface area contributed by atoms with E-state index in [1.54, 1.807) is 6.92 Å². The Morgan fingerprint density at radius 1 is 1.06 bits per heavy atom. The zero-order chi connectivity index (χ0) is 14.0. The summed E-state index contributed by atoms with van der Waals surface area (Å²) in [6.45, 7) is 11.6. The van der Waals surface area contributed by atoms with E-state index in [1.807, 2.05) is 71.8 Å². The molecule has 0 unspecified atom stereocenters. The van der Waals surface area contributed by atoms with Gasteiger partial charge in [-0.1, -0.05) is 27.7 Å². The molecule has 1 aromatic carbocycles. The van der Waals surface area contributed by atoms with Crippen LogP contribution in [0.5, 0.6) is 0 Å². The molecule has 98 valence electrons. The van der Waals surface area contributed by atoms with Crippen LogP contribution in [0.15, 0.2) is 18.2 Å². The van der Waals surface area contributed by atoms with Gasteiger partial charge in [-0.3, -0.25) is 4.79 Å². The lowest BCUT2D eigenvalue weighted by Crippen LogP contribution is -2.10. The molecule has 0 fully saturated rings. The van der Waals surface area contributed by atoms with Gasteiger partial charge < -0.3 is 4.90 Å². The maximum atomic E-state index is 11.1. The van der Waals surface area contributed by atoms with Crippen LogP contribution in [0.4, 0.5) is 5.69 Å². The molecule has 0 heterocycles. The van der Waals surface area contributed by atoms with Crippen molar-refractivity contribution in [1.29, 1.82) is 0 Å². The minimum atomic E-state index is 0.119. The van der Waals surface area contributed by atoms with E-state index in [0.717, 1.165) is 16.8 Å². The maximum absolute atomic E-state index is 11.1. The van der Waals surface area contributed by atoms with E-state index >= 15 is 0 Å². The highest BCUT2D eigenvalue weighted by Crippen LogP contribution is 2.18. The summed E-state index contributed by atoms with van der Waals surface area (Å²) in [5, 5.41) is 0. The van der Waals surface area contributed by atoms with E-state index < -0.39 is 0 Å². The second-order valence-corrected chi connectivity index (χ2v) is 3.45. The van der Waals surface area contributed by atoms with Crippen LogP contribution in [-0.2, 0) is 0 Å². The first kappa shape index (κ1) is 18.1. The summed E-state index contributed by atoms with van der Waals surface area (Å²) in [6, 6.07) is 5.77. The number of hydrogen-bond donors (Lipinski definition) is 0. The fourth-order valence-electron chi connectivity index (χ4n) is 1.38. The van der Waals surface area contributed by atoms with Gasteiger partial charge in [-0.2, -0.15) is 0 Å². The number of ketones is 1. The highest BCUT2D eigenvalue weighted by molar-refractivity contribution is 5.94. The van der Waals surface area contributed by atoms with E-state index in [4.69, 9.17) is 0 Å². The zero-order valence-corrected chi connectivity index (χ0v) is 12.6. The van der Waals surface area contributed by atoms with Crippen molar-refractivity contribution in [3.63, 3.8) is 0 Å². The fraction of sp³-hybridized carbons (Fsp3) is 0.533. The largest absolute Gasteiger partial charge is 0.377 e. The first-order valence-electron chi connectivity index (χ1n) is 6.31. The van der Waals surface area contributed by atoms with Gasteiger partial charge in [0, 0.05) is 25.3 Å².